The van der Waals surface area contributed by atoms with E-state index in [2.05, 4.69) is 4.98 Å². The van der Waals surface area contributed by atoms with Gasteiger partial charge in [-0.25, -0.2) is 9.78 Å². The summed E-state index contributed by atoms with van der Waals surface area (Å²) < 4.78 is 0. The molecule has 0 aliphatic carbocycles. The number of nitro groups is 1. The number of carbonyl (C=O) groups is 1. The number of rotatable bonds is 5. The Bertz CT molecular complexity index is 477. The quantitative estimate of drug-likeness (QED) is 0.581. The summed E-state index contributed by atoms with van der Waals surface area (Å²) in [4.78, 5) is 26.2. The van der Waals surface area contributed by atoms with Crippen molar-refractivity contribution in [2.24, 2.45) is 0 Å². The maximum atomic E-state index is 10.9. The monoisotopic (exact) mass is 255 g/mol. The lowest BCUT2D eigenvalue weighted by Crippen LogP contribution is -2.32. The fraction of sp³-hybridized carbons (Fsp3) is 0.400. The summed E-state index contributed by atoms with van der Waals surface area (Å²) in [6.45, 7) is 1.57. The molecule has 98 valence electrons. The van der Waals surface area contributed by atoms with E-state index in [1.807, 2.05) is 0 Å². The zero-order chi connectivity index (χ0) is 13.9. The van der Waals surface area contributed by atoms with E-state index in [-0.39, 0.29) is 18.5 Å². The molecule has 18 heavy (non-hydrogen) atoms. The number of carboxylic acids is 1. The molecule has 0 saturated heterocycles. The van der Waals surface area contributed by atoms with Crippen LogP contribution in [0.25, 0.3) is 0 Å². The average Bonchev–Trinajstić information content (AvgIpc) is 2.35. The molecule has 0 aromatic carbocycles. The number of anilines is 1. The predicted octanol–water partition coefficient (Wildman–Crippen LogP) is 0.505. The number of aromatic carboxylic acids is 1. The van der Waals surface area contributed by atoms with E-state index >= 15 is 0 Å². The topological polar surface area (TPSA) is 117 Å². The van der Waals surface area contributed by atoms with Crippen LogP contribution in [0.5, 0.6) is 0 Å². The molecule has 1 rings (SSSR count). The second-order valence-electron chi connectivity index (χ2n) is 3.76. The van der Waals surface area contributed by atoms with Crippen LogP contribution in [0.2, 0.25) is 0 Å². The largest absolute Gasteiger partial charge is 0.477 e. The zero-order valence-corrected chi connectivity index (χ0v) is 9.90. The predicted molar refractivity (Wildman–Crippen MR) is 62.8 cm³/mol. The molecule has 0 aliphatic heterocycles. The van der Waals surface area contributed by atoms with Crippen LogP contribution in [-0.2, 0) is 0 Å². The SMILES string of the molecule is CC(CO)N(C)c1cc(C(=O)O)c([N+](=O)[O-])cn1. The Kier molecular flexibility index (Phi) is 4.16. The van der Waals surface area contributed by atoms with Gasteiger partial charge in [-0.1, -0.05) is 0 Å². The van der Waals surface area contributed by atoms with E-state index in [1.54, 1.807) is 14.0 Å². The standard InChI is InChI=1S/C10H13N3O5/c1-6(5-14)12(2)9-3-7(10(15)16)8(4-11-9)13(17)18/h3-4,6,14H,5H2,1-2H3,(H,15,16). The van der Waals surface area contributed by atoms with Gasteiger partial charge in [0.25, 0.3) is 0 Å². The molecule has 1 aromatic heterocycles. The summed E-state index contributed by atoms with van der Waals surface area (Å²) in [6.07, 6.45) is 0.902. The second kappa shape index (κ2) is 5.41. The van der Waals surface area contributed by atoms with Crippen LogP contribution in [0.3, 0.4) is 0 Å². The smallest absolute Gasteiger partial charge is 0.342 e. The van der Waals surface area contributed by atoms with Crippen molar-refractivity contribution in [3.8, 4) is 0 Å². The molecule has 2 N–H and O–H groups in total. The molecule has 1 heterocycles. The van der Waals surface area contributed by atoms with Gasteiger partial charge in [-0.3, -0.25) is 10.1 Å². The van der Waals surface area contributed by atoms with Crippen LogP contribution in [0.15, 0.2) is 12.3 Å². The summed E-state index contributed by atoms with van der Waals surface area (Å²) in [5.74, 6) is -1.14. The Morgan fingerprint density at radius 1 is 1.67 bits per heavy atom. The van der Waals surface area contributed by atoms with Crippen molar-refractivity contribution in [3.05, 3.63) is 27.9 Å². The van der Waals surface area contributed by atoms with Gasteiger partial charge >= 0.3 is 11.7 Å². The highest BCUT2D eigenvalue weighted by Crippen LogP contribution is 2.22. The lowest BCUT2D eigenvalue weighted by Gasteiger charge is -2.24. The highest BCUT2D eigenvalue weighted by atomic mass is 16.6. The summed E-state index contributed by atoms with van der Waals surface area (Å²) in [6, 6.07) is 0.840. The maximum Gasteiger partial charge on any atom is 0.342 e. The van der Waals surface area contributed by atoms with Gasteiger partial charge in [-0.15, -0.1) is 0 Å². The van der Waals surface area contributed by atoms with Crippen LogP contribution >= 0.6 is 0 Å². The van der Waals surface area contributed by atoms with Crippen LogP contribution in [0.1, 0.15) is 17.3 Å². The number of aliphatic hydroxyl groups excluding tert-OH is 1. The minimum atomic E-state index is -1.39. The lowest BCUT2D eigenvalue weighted by atomic mass is 10.2. The van der Waals surface area contributed by atoms with Crippen molar-refractivity contribution in [2.45, 2.75) is 13.0 Å². The molecule has 0 spiro atoms. The molecule has 1 atom stereocenters. The van der Waals surface area contributed by atoms with Gasteiger partial charge in [0.15, 0.2) is 0 Å². The Hall–Kier alpha value is -2.22. The van der Waals surface area contributed by atoms with Crippen LogP contribution in [0, 0.1) is 10.1 Å². The van der Waals surface area contributed by atoms with Gasteiger partial charge in [0.1, 0.15) is 17.6 Å². The normalized spacial score (nSPS) is 11.9. The molecule has 1 aromatic rings. The van der Waals surface area contributed by atoms with Crippen molar-refractivity contribution in [1.82, 2.24) is 4.98 Å². The van der Waals surface area contributed by atoms with E-state index in [0.717, 1.165) is 12.3 Å². The number of hydrogen-bond acceptors (Lipinski definition) is 6. The van der Waals surface area contributed by atoms with E-state index in [0.29, 0.717) is 0 Å². The summed E-state index contributed by atoms with van der Waals surface area (Å²) >= 11 is 0. The molecule has 0 bridgehead atoms. The van der Waals surface area contributed by atoms with Gasteiger partial charge in [-0.2, -0.15) is 0 Å². The van der Waals surface area contributed by atoms with Crippen molar-refractivity contribution in [1.29, 1.82) is 0 Å². The highest BCUT2D eigenvalue weighted by molar-refractivity contribution is 5.93. The molecule has 0 saturated carbocycles. The van der Waals surface area contributed by atoms with Gasteiger partial charge in [0, 0.05) is 13.1 Å². The van der Waals surface area contributed by atoms with Crippen LogP contribution < -0.4 is 4.90 Å². The van der Waals surface area contributed by atoms with Crippen molar-refractivity contribution in [2.75, 3.05) is 18.6 Å². The van der Waals surface area contributed by atoms with E-state index in [4.69, 9.17) is 10.2 Å². The molecule has 0 aliphatic rings. The number of likely N-dealkylation sites (N-methyl/N-ethyl adjacent to an activating group) is 1. The number of aliphatic hydroxyl groups is 1. The second-order valence-corrected chi connectivity index (χ2v) is 3.76. The van der Waals surface area contributed by atoms with Gasteiger partial charge in [0.2, 0.25) is 0 Å². The number of carboxylic acid groups (broad SMARTS) is 1. The van der Waals surface area contributed by atoms with E-state index < -0.39 is 22.1 Å². The van der Waals surface area contributed by atoms with Crippen molar-refractivity contribution < 1.29 is 19.9 Å². The zero-order valence-electron chi connectivity index (χ0n) is 9.90. The van der Waals surface area contributed by atoms with Crippen LogP contribution in [0.4, 0.5) is 11.5 Å². The minimum absolute atomic E-state index is 0.141. The van der Waals surface area contributed by atoms with Gasteiger partial charge in [0.05, 0.1) is 17.6 Å². The maximum absolute atomic E-state index is 10.9. The summed E-state index contributed by atoms with van der Waals surface area (Å²) in [5.41, 5.74) is -0.988. The first kappa shape index (κ1) is 13.8. The Labute approximate surface area is 103 Å². The van der Waals surface area contributed by atoms with Gasteiger partial charge < -0.3 is 15.1 Å². The number of aromatic nitrogens is 1. The lowest BCUT2D eigenvalue weighted by molar-refractivity contribution is -0.385. The van der Waals surface area contributed by atoms with E-state index in [9.17, 15) is 14.9 Å². The summed E-state index contributed by atoms with van der Waals surface area (Å²) in [5, 5.41) is 28.6. The molecule has 8 heteroatoms. The molecular formula is C10H13N3O5. The molecule has 0 fully saturated rings. The fourth-order valence-corrected chi connectivity index (χ4v) is 1.30. The minimum Gasteiger partial charge on any atom is -0.477 e. The third-order valence-electron chi connectivity index (χ3n) is 2.58. The first-order valence-electron chi connectivity index (χ1n) is 5.10. The third kappa shape index (κ3) is 2.72. The number of pyridine rings is 1. The van der Waals surface area contributed by atoms with E-state index in [1.165, 1.54) is 4.90 Å². The molecule has 0 amide bonds. The average molecular weight is 255 g/mol. The molecule has 0 radical (unpaired) electrons. The number of hydrogen-bond donors (Lipinski definition) is 2. The summed E-state index contributed by atoms with van der Waals surface area (Å²) in [7, 11) is 1.61. The molecule has 1 unspecified atom stereocenters. The van der Waals surface area contributed by atoms with Crippen molar-refractivity contribution in [3.63, 3.8) is 0 Å². The third-order valence-corrected chi connectivity index (χ3v) is 2.58. The Morgan fingerprint density at radius 3 is 2.72 bits per heavy atom. The molecule has 8 nitrogen and oxygen atoms in total. The first-order valence-corrected chi connectivity index (χ1v) is 5.10. The van der Waals surface area contributed by atoms with Crippen LogP contribution in [-0.4, -0.2) is 45.8 Å². The highest BCUT2D eigenvalue weighted by Gasteiger charge is 2.22. The first-order chi connectivity index (χ1) is 8.38. The fourth-order valence-electron chi connectivity index (χ4n) is 1.30. The van der Waals surface area contributed by atoms with Gasteiger partial charge in [-0.05, 0) is 6.92 Å². The van der Waals surface area contributed by atoms with Crippen molar-refractivity contribution >= 4 is 17.5 Å². The molecular weight excluding hydrogens is 242 g/mol. The number of nitrogens with zero attached hydrogens (tertiary/aromatic N) is 3. The Balaban J connectivity index is 3.23. The Morgan fingerprint density at radius 2 is 2.28 bits per heavy atom.